The van der Waals surface area contributed by atoms with Crippen molar-refractivity contribution in [3.05, 3.63) is 68.6 Å². The van der Waals surface area contributed by atoms with Crippen LogP contribution in [0, 0.1) is 13.8 Å². The van der Waals surface area contributed by atoms with Crippen molar-refractivity contribution >= 4 is 56.5 Å². The van der Waals surface area contributed by atoms with Crippen LogP contribution in [0.1, 0.15) is 39.6 Å². The Balaban J connectivity index is 1.67. The largest absolute Gasteiger partial charge is 0.342 e. The molecule has 2 N–H and O–H groups in total. The molecule has 1 atom stereocenters. The van der Waals surface area contributed by atoms with Crippen LogP contribution in [-0.2, 0) is 11.3 Å². The van der Waals surface area contributed by atoms with E-state index in [1.165, 1.54) is 23.1 Å². The number of anilines is 1. The number of benzene rings is 1. The fourth-order valence-electron chi connectivity index (χ4n) is 2.96. The Labute approximate surface area is 203 Å². The Kier molecular flexibility index (Phi) is 8.27. The average molecular weight is 535 g/mol. The minimum absolute atomic E-state index is 0.146. The minimum atomic E-state index is -0.355. The fourth-order valence-corrected chi connectivity index (χ4v) is 4.90. The van der Waals surface area contributed by atoms with Crippen molar-refractivity contribution in [1.82, 2.24) is 20.1 Å². The Morgan fingerprint density at radius 2 is 2.06 bits per heavy atom. The second kappa shape index (κ2) is 10.9. The van der Waals surface area contributed by atoms with E-state index in [1.807, 2.05) is 48.9 Å². The van der Waals surface area contributed by atoms with E-state index in [9.17, 15) is 9.59 Å². The molecule has 0 radical (unpaired) electrons. The van der Waals surface area contributed by atoms with Gasteiger partial charge in [-0.15, -0.1) is 28.1 Å². The third-order valence-electron chi connectivity index (χ3n) is 4.73. The first kappa shape index (κ1) is 24.2. The second-order valence-corrected chi connectivity index (χ2v) is 9.91. The first-order chi connectivity index (χ1) is 15.3. The topological polar surface area (TPSA) is 88.9 Å². The van der Waals surface area contributed by atoms with Crippen LogP contribution >= 0.6 is 39.0 Å². The van der Waals surface area contributed by atoms with E-state index in [0.717, 1.165) is 21.3 Å². The molecule has 0 aliphatic heterocycles. The van der Waals surface area contributed by atoms with Gasteiger partial charge >= 0.3 is 0 Å². The van der Waals surface area contributed by atoms with Gasteiger partial charge in [0, 0.05) is 11.0 Å². The molecule has 0 saturated heterocycles. The van der Waals surface area contributed by atoms with Crippen molar-refractivity contribution in [1.29, 1.82) is 0 Å². The molecule has 0 aliphatic carbocycles. The predicted molar refractivity (Wildman–Crippen MR) is 133 cm³/mol. The smallest absolute Gasteiger partial charge is 0.261 e. The number of allylic oxidation sites excluding steroid dienone is 1. The molecule has 3 aromatic rings. The van der Waals surface area contributed by atoms with E-state index in [0.29, 0.717) is 22.4 Å². The van der Waals surface area contributed by atoms with Crippen molar-refractivity contribution in [3.63, 3.8) is 0 Å². The van der Waals surface area contributed by atoms with Crippen LogP contribution < -0.4 is 10.6 Å². The molecule has 0 spiro atoms. The van der Waals surface area contributed by atoms with Crippen LogP contribution in [0.15, 0.2) is 51.9 Å². The fraction of sp³-hybridized carbons (Fsp3) is 0.273. The van der Waals surface area contributed by atoms with Gasteiger partial charge in [0.05, 0.1) is 22.4 Å². The normalized spacial score (nSPS) is 11.8. The van der Waals surface area contributed by atoms with Crippen molar-refractivity contribution in [2.24, 2.45) is 0 Å². The number of amides is 2. The maximum atomic E-state index is 12.5. The Morgan fingerprint density at radius 3 is 2.75 bits per heavy atom. The van der Waals surface area contributed by atoms with Gasteiger partial charge in [-0.2, -0.15) is 0 Å². The SMILES string of the molecule is C=CCn1c(SCC(=O)Nc2cc(C)c(C)cc2Br)nnc1[C@@H](C)NC(=O)c1cccs1. The van der Waals surface area contributed by atoms with E-state index in [4.69, 9.17) is 0 Å². The molecule has 0 fully saturated rings. The van der Waals surface area contributed by atoms with Crippen LogP contribution in [0.3, 0.4) is 0 Å². The summed E-state index contributed by atoms with van der Waals surface area (Å²) in [5.74, 6) is 0.473. The number of carbonyl (C=O) groups is 2. The van der Waals surface area contributed by atoms with Crippen LogP contribution in [0.5, 0.6) is 0 Å². The Bertz CT molecular complexity index is 1130. The highest BCUT2D eigenvalue weighted by molar-refractivity contribution is 9.10. The van der Waals surface area contributed by atoms with Gasteiger partial charge in [0.1, 0.15) is 0 Å². The number of nitrogens with zero attached hydrogens (tertiary/aromatic N) is 3. The van der Waals surface area contributed by atoms with Crippen molar-refractivity contribution in [2.75, 3.05) is 11.1 Å². The Hall–Kier alpha value is -2.43. The summed E-state index contributed by atoms with van der Waals surface area (Å²) < 4.78 is 2.70. The molecule has 3 rings (SSSR count). The molecule has 7 nitrogen and oxygen atoms in total. The molecule has 0 unspecified atom stereocenters. The summed E-state index contributed by atoms with van der Waals surface area (Å²) >= 11 is 6.16. The Morgan fingerprint density at radius 1 is 1.31 bits per heavy atom. The number of thiophene rings is 1. The lowest BCUT2D eigenvalue weighted by molar-refractivity contribution is -0.113. The van der Waals surface area contributed by atoms with Crippen LogP contribution in [0.4, 0.5) is 5.69 Å². The first-order valence-corrected chi connectivity index (χ1v) is 12.5. The quantitative estimate of drug-likeness (QED) is 0.294. The van der Waals surface area contributed by atoms with Gasteiger partial charge in [-0.1, -0.05) is 23.9 Å². The van der Waals surface area contributed by atoms with Gasteiger partial charge in [-0.05, 0) is 71.4 Å². The summed E-state index contributed by atoms with van der Waals surface area (Å²) in [6, 6.07) is 7.18. The third-order valence-corrected chi connectivity index (χ3v) is 7.22. The number of nitrogens with one attached hydrogen (secondary N) is 2. The van der Waals surface area contributed by atoms with Crippen molar-refractivity contribution in [3.8, 4) is 0 Å². The number of rotatable bonds is 9. The lowest BCUT2D eigenvalue weighted by atomic mass is 10.1. The van der Waals surface area contributed by atoms with Gasteiger partial charge in [0.15, 0.2) is 11.0 Å². The molecule has 168 valence electrons. The highest BCUT2D eigenvalue weighted by Gasteiger charge is 2.21. The molecule has 32 heavy (non-hydrogen) atoms. The van der Waals surface area contributed by atoms with Gasteiger partial charge in [-0.3, -0.25) is 9.59 Å². The minimum Gasteiger partial charge on any atom is -0.342 e. The summed E-state index contributed by atoms with van der Waals surface area (Å²) in [6.07, 6.45) is 1.73. The van der Waals surface area contributed by atoms with Gasteiger partial charge in [0.2, 0.25) is 5.91 Å². The van der Waals surface area contributed by atoms with E-state index >= 15 is 0 Å². The molecule has 0 saturated carbocycles. The molecule has 2 aromatic heterocycles. The molecule has 2 heterocycles. The number of aromatic nitrogens is 3. The van der Waals surface area contributed by atoms with Gasteiger partial charge in [0.25, 0.3) is 5.91 Å². The molecule has 0 aliphatic rings. The van der Waals surface area contributed by atoms with E-state index < -0.39 is 0 Å². The van der Waals surface area contributed by atoms with Crippen LogP contribution in [0.25, 0.3) is 0 Å². The number of halogens is 1. The molecule has 2 amide bonds. The number of carbonyl (C=O) groups excluding carboxylic acids is 2. The summed E-state index contributed by atoms with van der Waals surface area (Å²) in [5, 5.41) is 16.8. The van der Waals surface area contributed by atoms with Gasteiger partial charge in [-0.25, -0.2) is 0 Å². The summed E-state index contributed by atoms with van der Waals surface area (Å²) in [4.78, 5) is 25.6. The molecule has 1 aromatic carbocycles. The number of aryl methyl sites for hydroxylation is 2. The lowest BCUT2D eigenvalue weighted by Crippen LogP contribution is -2.28. The highest BCUT2D eigenvalue weighted by atomic mass is 79.9. The van der Waals surface area contributed by atoms with E-state index in [2.05, 4.69) is 43.3 Å². The standard InChI is InChI=1S/C22H24BrN5O2S2/c1-5-8-28-20(15(4)24-21(30)18-7-6-9-31-18)26-27-22(28)32-12-19(29)25-17-11-14(3)13(2)10-16(17)23/h5-7,9-11,15H,1,8,12H2,2-4H3,(H,24,30)(H,25,29)/t15-/m1/s1. The molecule has 0 bridgehead atoms. The van der Waals surface area contributed by atoms with Crippen LogP contribution in [-0.4, -0.2) is 32.3 Å². The monoisotopic (exact) mass is 533 g/mol. The maximum absolute atomic E-state index is 12.5. The molecular formula is C22H24BrN5O2S2. The van der Waals surface area contributed by atoms with E-state index in [1.54, 1.807) is 12.1 Å². The lowest BCUT2D eigenvalue weighted by Gasteiger charge is -2.15. The predicted octanol–water partition coefficient (Wildman–Crippen LogP) is 5.13. The summed E-state index contributed by atoms with van der Waals surface area (Å²) in [5.41, 5.74) is 2.98. The summed E-state index contributed by atoms with van der Waals surface area (Å²) in [7, 11) is 0. The maximum Gasteiger partial charge on any atom is 0.261 e. The zero-order valence-corrected chi connectivity index (χ0v) is 21.2. The number of hydrogen-bond acceptors (Lipinski definition) is 6. The van der Waals surface area contributed by atoms with Crippen molar-refractivity contribution in [2.45, 2.75) is 38.5 Å². The van der Waals surface area contributed by atoms with Gasteiger partial charge < -0.3 is 15.2 Å². The number of thioether (sulfide) groups is 1. The molecule has 10 heteroatoms. The summed E-state index contributed by atoms with van der Waals surface area (Å²) in [6.45, 7) is 10.1. The first-order valence-electron chi connectivity index (χ1n) is 9.88. The average Bonchev–Trinajstić information content (AvgIpc) is 3.41. The van der Waals surface area contributed by atoms with E-state index in [-0.39, 0.29) is 23.6 Å². The van der Waals surface area contributed by atoms with Crippen LogP contribution in [0.2, 0.25) is 0 Å². The highest BCUT2D eigenvalue weighted by Crippen LogP contribution is 2.27. The second-order valence-electron chi connectivity index (χ2n) is 7.17. The zero-order chi connectivity index (χ0) is 23.3. The molecular weight excluding hydrogens is 510 g/mol. The van der Waals surface area contributed by atoms with Crippen molar-refractivity contribution < 1.29 is 9.59 Å². The third kappa shape index (κ3) is 5.87. The number of hydrogen-bond donors (Lipinski definition) is 2. The zero-order valence-electron chi connectivity index (χ0n) is 18.0.